The Hall–Kier alpha value is -2.08. The van der Waals surface area contributed by atoms with Crippen LogP contribution in [0.3, 0.4) is 0 Å². The number of hydrogen-bond donors (Lipinski definition) is 1. The Labute approximate surface area is 135 Å². The van der Waals surface area contributed by atoms with Gasteiger partial charge in [-0.15, -0.1) is 0 Å². The zero-order valence-electron chi connectivity index (χ0n) is 13.4. The molecule has 3 heterocycles. The number of furan rings is 1. The summed E-state index contributed by atoms with van der Waals surface area (Å²) >= 11 is 0. The van der Waals surface area contributed by atoms with E-state index in [1.807, 2.05) is 30.1 Å². The topological polar surface area (TPSA) is 63.3 Å². The number of aromatic nitrogens is 2. The van der Waals surface area contributed by atoms with Crippen LogP contribution in [0.4, 0.5) is 0 Å². The summed E-state index contributed by atoms with van der Waals surface area (Å²) in [5.74, 6) is 1.56. The second-order valence-electron chi connectivity index (χ2n) is 6.68. The van der Waals surface area contributed by atoms with Crippen LogP contribution in [0, 0.1) is 5.92 Å². The average molecular weight is 314 g/mol. The number of nitrogens with one attached hydrogen (secondary N) is 1. The molecule has 0 bridgehead atoms. The molecule has 0 saturated heterocycles. The largest absolute Gasteiger partial charge is 0.468 e. The molecule has 6 heteroatoms. The first kappa shape index (κ1) is 14.5. The predicted octanol–water partition coefficient (Wildman–Crippen LogP) is 1.64. The quantitative estimate of drug-likeness (QED) is 0.911. The van der Waals surface area contributed by atoms with Crippen molar-refractivity contribution in [1.82, 2.24) is 19.8 Å². The van der Waals surface area contributed by atoms with Crippen LogP contribution in [0.15, 0.2) is 29.1 Å². The molecule has 0 spiro atoms. The van der Waals surface area contributed by atoms with Crippen LogP contribution in [-0.2, 0) is 24.9 Å². The summed E-state index contributed by atoms with van der Waals surface area (Å²) in [6.45, 7) is 2.96. The molecule has 1 aliphatic heterocycles. The molecule has 1 aliphatic carbocycles. The maximum absolute atomic E-state index is 12.7. The number of amides is 1. The number of carbonyl (C=O) groups excluding carboxylic acids is 1. The molecule has 1 atom stereocenters. The lowest BCUT2D eigenvalue weighted by Gasteiger charge is -2.31. The van der Waals surface area contributed by atoms with Gasteiger partial charge >= 0.3 is 0 Å². The number of imidazole rings is 1. The zero-order valence-corrected chi connectivity index (χ0v) is 13.4. The minimum absolute atomic E-state index is 0.117. The number of aryl methyl sites for hydroxylation is 1. The Bertz CT molecular complexity index is 688. The van der Waals surface area contributed by atoms with Crippen molar-refractivity contribution >= 4 is 5.91 Å². The SMILES string of the molecule is Cn1cnc2c1C(C(=O)NCC1CC1)CN(Cc1ccco1)C2. The van der Waals surface area contributed by atoms with Gasteiger partial charge in [0, 0.05) is 26.7 Å². The fourth-order valence-electron chi connectivity index (χ4n) is 3.32. The van der Waals surface area contributed by atoms with Gasteiger partial charge < -0.3 is 14.3 Å². The van der Waals surface area contributed by atoms with Crippen molar-refractivity contribution < 1.29 is 9.21 Å². The number of fused-ring (bicyclic) bond motifs is 1. The summed E-state index contributed by atoms with van der Waals surface area (Å²) in [4.78, 5) is 19.4. The fourth-order valence-corrected chi connectivity index (χ4v) is 3.32. The summed E-state index contributed by atoms with van der Waals surface area (Å²) in [7, 11) is 1.97. The van der Waals surface area contributed by atoms with Gasteiger partial charge in [-0.2, -0.15) is 0 Å². The molecule has 1 N–H and O–H groups in total. The van der Waals surface area contributed by atoms with E-state index in [1.54, 1.807) is 6.26 Å². The monoisotopic (exact) mass is 314 g/mol. The van der Waals surface area contributed by atoms with E-state index >= 15 is 0 Å². The smallest absolute Gasteiger partial charge is 0.230 e. The molecule has 1 amide bonds. The fraction of sp³-hybridized carbons (Fsp3) is 0.529. The van der Waals surface area contributed by atoms with Crippen molar-refractivity contribution in [3.8, 4) is 0 Å². The van der Waals surface area contributed by atoms with Gasteiger partial charge in [-0.1, -0.05) is 0 Å². The third-order valence-electron chi connectivity index (χ3n) is 4.74. The van der Waals surface area contributed by atoms with Crippen molar-refractivity contribution in [2.75, 3.05) is 13.1 Å². The van der Waals surface area contributed by atoms with Crippen molar-refractivity contribution in [2.24, 2.45) is 13.0 Å². The highest BCUT2D eigenvalue weighted by atomic mass is 16.3. The first-order valence-electron chi connectivity index (χ1n) is 8.23. The minimum atomic E-state index is -0.167. The lowest BCUT2D eigenvalue weighted by Crippen LogP contribution is -2.42. The van der Waals surface area contributed by atoms with Crippen LogP contribution in [0.2, 0.25) is 0 Å². The summed E-state index contributed by atoms with van der Waals surface area (Å²) in [5, 5.41) is 3.12. The molecule has 0 aromatic carbocycles. The molecule has 4 rings (SSSR count). The van der Waals surface area contributed by atoms with Gasteiger partial charge in [0.15, 0.2) is 0 Å². The van der Waals surface area contributed by atoms with E-state index in [0.717, 1.165) is 30.2 Å². The first-order valence-corrected chi connectivity index (χ1v) is 8.23. The summed E-state index contributed by atoms with van der Waals surface area (Å²) in [5.41, 5.74) is 2.05. The number of carbonyl (C=O) groups is 1. The molecule has 1 unspecified atom stereocenters. The van der Waals surface area contributed by atoms with Crippen LogP contribution < -0.4 is 5.32 Å². The average Bonchev–Trinajstić information content (AvgIpc) is 3.11. The lowest BCUT2D eigenvalue weighted by molar-refractivity contribution is -0.123. The molecule has 1 saturated carbocycles. The highest BCUT2D eigenvalue weighted by Crippen LogP contribution is 2.30. The van der Waals surface area contributed by atoms with Gasteiger partial charge in [0.1, 0.15) is 5.76 Å². The molecule has 1 fully saturated rings. The van der Waals surface area contributed by atoms with Crippen LogP contribution in [0.1, 0.15) is 35.9 Å². The van der Waals surface area contributed by atoms with Crippen molar-refractivity contribution in [3.05, 3.63) is 41.9 Å². The van der Waals surface area contributed by atoms with Crippen molar-refractivity contribution in [1.29, 1.82) is 0 Å². The van der Waals surface area contributed by atoms with E-state index in [2.05, 4.69) is 15.2 Å². The summed E-state index contributed by atoms with van der Waals surface area (Å²) in [6, 6.07) is 3.86. The Kier molecular flexibility index (Phi) is 3.69. The van der Waals surface area contributed by atoms with Crippen LogP contribution in [0.25, 0.3) is 0 Å². The summed E-state index contributed by atoms with van der Waals surface area (Å²) < 4.78 is 7.43. The van der Waals surface area contributed by atoms with E-state index in [0.29, 0.717) is 19.0 Å². The number of nitrogens with zero attached hydrogens (tertiary/aromatic N) is 3. The molecule has 6 nitrogen and oxygen atoms in total. The van der Waals surface area contributed by atoms with Gasteiger partial charge in [0.2, 0.25) is 5.91 Å². The van der Waals surface area contributed by atoms with Gasteiger partial charge in [0.25, 0.3) is 0 Å². The third-order valence-corrected chi connectivity index (χ3v) is 4.74. The zero-order chi connectivity index (χ0) is 15.8. The Morgan fingerprint density at radius 1 is 1.48 bits per heavy atom. The molecule has 0 radical (unpaired) electrons. The van der Waals surface area contributed by atoms with Gasteiger partial charge in [-0.05, 0) is 30.9 Å². The lowest BCUT2D eigenvalue weighted by atomic mass is 9.97. The molecule has 2 aromatic heterocycles. The Balaban J connectivity index is 1.52. The standard InChI is InChI=1S/C17H22N4O2/c1-20-11-19-15-10-21(8-13-3-2-6-23-13)9-14(16(15)20)17(22)18-7-12-4-5-12/h2-3,6,11-12,14H,4-5,7-10H2,1H3,(H,18,22). The van der Waals surface area contributed by atoms with E-state index in [4.69, 9.17) is 4.42 Å². The van der Waals surface area contributed by atoms with E-state index in [-0.39, 0.29) is 11.8 Å². The Morgan fingerprint density at radius 2 is 2.35 bits per heavy atom. The first-order chi connectivity index (χ1) is 11.2. The van der Waals surface area contributed by atoms with E-state index < -0.39 is 0 Å². The molecule has 122 valence electrons. The third kappa shape index (κ3) is 3.03. The maximum atomic E-state index is 12.7. The second kappa shape index (κ2) is 5.85. The minimum Gasteiger partial charge on any atom is -0.468 e. The number of hydrogen-bond acceptors (Lipinski definition) is 4. The van der Waals surface area contributed by atoms with Crippen LogP contribution >= 0.6 is 0 Å². The van der Waals surface area contributed by atoms with Gasteiger partial charge in [0.05, 0.1) is 36.4 Å². The van der Waals surface area contributed by atoms with Crippen molar-refractivity contribution in [2.45, 2.75) is 31.8 Å². The molecule has 23 heavy (non-hydrogen) atoms. The van der Waals surface area contributed by atoms with Gasteiger partial charge in [-0.3, -0.25) is 9.69 Å². The maximum Gasteiger partial charge on any atom is 0.230 e. The molecule has 2 aliphatic rings. The van der Waals surface area contributed by atoms with E-state index in [1.165, 1.54) is 12.8 Å². The molecule has 2 aromatic rings. The molecular weight excluding hydrogens is 292 g/mol. The highest BCUT2D eigenvalue weighted by molar-refractivity contribution is 5.84. The second-order valence-corrected chi connectivity index (χ2v) is 6.68. The van der Waals surface area contributed by atoms with Crippen molar-refractivity contribution in [3.63, 3.8) is 0 Å². The Morgan fingerprint density at radius 3 is 3.09 bits per heavy atom. The van der Waals surface area contributed by atoms with Gasteiger partial charge in [-0.25, -0.2) is 4.98 Å². The predicted molar refractivity (Wildman–Crippen MR) is 84.5 cm³/mol. The van der Waals surface area contributed by atoms with Crippen LogP contribution in [-0.4, -0.2) is 33.4 Å². The normalized spacial score (nSPS) is 21.2. The van der Waals surface area contributed by atoms with E-state index in [9.17, 15) is 4.79 Å². The van der Waals surface area contributed by atoms with Crippen LogP contribution in [0.5, 0.6) is 0 Å². The molecular formula is C17H22N4O2. The number of rotatable bonds is 5. The highest BCUT2D eigenvalue weighted by Gasteiger charge is 2.34. The summed E-state index contributed by atoms with van der Waals surface area (Å²) in [6.07, 6.45) is 5.98.